The molecule has 2 rings (SSSR count). The first kappa shape index (κ1) is 14.3. The molecule has 6 heteroatoms. The summed E-state index contributed by atoms with van der Waals surface area (Å²) < 4.78 is 11.2. The lowest BCUT2D eigenvalue weighted by Gasteiger charge is -2.13. The van der Waals surface area contributed by atoms with Gasteiger partial charge in [-0.1, -0.05) is 0 Å². The SMILES string of the molecule is COc1cc(OC)c(NC(=O)c2cccnc2)cc1Br. The first-order valence-corrected chi connectivity index (χ1v) is 6.58. The van der Waals surface area contributed by atoms with Crippen LogP contribution in [0.25, 0.3) is 0 Å². The van der Waals surface area contributed by atoms with Crippen LogP contribution in [0, 0.1) is 0 Å². The Morgan fingerprint density at radius 2 is 2.00 bits per heavy atom. The summed E-state index contributed by atoms with van der Waals surface area (Å²) in [5.41, 5.74) is 1.02. The maximum atomic E-state index is 12.1. The second kappa shape index (κ2) is 6.38. The Balaban J connectivity index is 2.29. The van der Waals surface area contributed by atoms with Crippen molar-refractivity contribution in [1.29, 1.82) is 0 Å². The molecule has 0 aliphatic heterocycles. The molecular formula is C14H13BrN2O3. The van der Waals surface area contributed by atoms with E-state index in [9.17, 15) is 4.79 Å². The minimum absolute atomic E-state index is 0.256. The third kappa shape index (κ3) is 3.08. The Morgan fingerprint density at radius 3 is 2.60 bits per heavy atom. The molecule has 104 valence electrons. The van der Waals surface area contributed by atoms with E-state index < -0.39 is 0 Å². The van der Waals surface area contributed by atoms with Crippen molar-refractivity contribution in [2.24, 2.45) is 0 Å². The van der Waals surface area contributed by atoms with Crippen LogP contribution in [-0.2, 0) is 0 Å². The molecule has 0 atom stereocenters. The Labute approximate surface area is 125 Å². The Kier molecular flexibility index (Phi) is 4.57. The summed E-state index contributed by atoms with van der Waals surface area (Å²) in [6.45, 7) is 0. The van der Waals surface area contributed by atoms with E-state index in [2.05, 4.69) is 26.2 Å². The fourth-order valence-electron chi connectivity index (χ4n) is 1.65. The lowest BCUT2D eigenvalue weighted by molar-refractivity contribution is 0.102. The van der Waals surface area contributed by atoms with Crippen LogP contribution >= 0.6 is 15.9 Å². The molecular weight excluding hydrogens is 324 g/mol. The molecule has 1 N–H and O–H groups in total. The summed E-state index contributed by atoms with van der Waals surface area (Å²) in [6, 6.07) is 6.82. The number of hydrogen-bond donors (Lipinski definition) is 1. The quantitative estimate of drug-likeness (QED) is 0.931. The van der Waals surface area contributed by atoms with Gasteiger partial charge in [0.2, 0.25) is 0 Å². The molecule has 0 bridgehead atoms. The molecule has 1 aromatic carbocycles. The van der Waals surface area contributed by atoms with E-state index in [1.54, 1.807) is 37.6 Å². The smallest absolute Gasteiger partial charge is 0.257 e. The molecule has 1 aromatic heterocycles. The van der Waals surface area contributed by atoms with Gasteiger partial charge >= 0.3 is 0 Å². The zero-order valence-corrected chi connectivity index (χ0v) is 12.6. The van der Waals surface area contributed by atoms with Crippen LogP contribution in [0.3, 0.4) is 0 Å². The number of nitrogens with one attached hydrogen (secondary N) is 1. The fraction of sp³-hybridized carbons (Fsp3) is 0.143. The number of rotatable bonds is 4. The van der Waals surface area contributed by atoms with Crippen molar-refractivity contribution in [1.82, 2.24) is 4.98 Å². The van der Waals surface area contributed by atoms with Gasteiger partial charge in [-0.15, -0.1) is 0 Å². The normalized spacial score (nSPS) is 9.95. The summed E-state index contributed by atoms with van der Waals surface area (Å²) in [6.07, 6.45) is 3.11. The van der Waals surface area contributed by atoms with Crippen molar-refractivity contribution < 1.29 is 14.3 Å². The number of anilines is 1. The summed E-state index contributed by atoms with van der Waals surface area (Å²) in [7, 11) is 3.09. The average molecular weight is 337 g/mol. The van der Waals surface area contributed by atoms with Gasteiger partial charge in [-0.05, 0) is 34.1 Å². The average Bonchev–Trinajstić information content (AvgIpc) is 2.48. The minimum Gasteiger partial charge on any atom is -0.495 e. The van der Waals surface area contributed by atoms with E-state index in [0.717, 1.165) is 4.47 Å². The number of nitrogens with zero attached hydrogens (tertiary/aromatic N) is 1. The van der Waals surface area contributed by atoms with Crippen LogP contribution in [0.15, 0.2) is 41.1 Å². The molecule has 2 aromatic rings. The first-order valence-electron chi connectivity index (χ1n) is 5.78. The maximum absolute atomic E-state index is 12.1. The van der Waals surface area contributed by atoms with Gasteiger partial charge < -0.3 is 14.8 Å². The van der Waals surface area contributed by atoms with Crippen molar-refractivity contribution in [3.05, 3.63) is 46.7 Å². The van der Waals surface area contributed by atoms with Gasteiger partial charge in [0.15, 0.2) is 0 Å². The Hall–Kier alpha value is -2.08. The van der Waals surface area contributed by atoms with Crippen molar-refractivity contribution in [2.75, 3.05) is 19.5 Å². The molecule has 1 heterocycles. The lowest BCUT2D eigenvalue weighted by Crippen LogP contribution is -2.13. The largest absolute Gasteiger partial charge is 0.495 e. The van der Waals surface area contributed by atoms with Crippen molar-refractivity contribution in [3.8, 4) is 11.5 Å². The topological polar surface area (TPSA) is 60.5 Å². The van der Waals surface area contributed by atoms with Gasteiger partial charge in [0.1, 0.15) is 11.5 Å². The number of ether oxygens (including phenoxy) is 2. The van der Waals surface area contributed by atoms with Crippen LogP contribution in [-0.4, -0.2) is 25.1 Å². The highest BCUT2D eigenvalue weighted by Crippen LogP contribution is 2.36. The number of halogens is 1. The van der Waals surface area contributed by atoms with Crippen LogP contribution in [0.1, 0.15) is 10.4 Å². The zero-order chi connectivity index (χ0) is 14.5. The number of benzene rings is 1. The predicted molar refractivity (Wildman–Crippen MR) is 79.4 cm³/mol. The van der Waals surface area contributed by atoms with E-state index in [0.29, 0.717) is 22.7 Å². The van der Waals surface area contributed by atoms with Crippen LogP contribution in [0.2, 0.25) is 0 Å². The van der Waals surface area contributed by atoms with Crippen LogP contribution < -0.4 is 14.8 Å². The van der Waals surface area contributed by atoms with Crippen LogP contribution in [0.4, 0.5) is 5.69 Å². The van der Waals surface area contributed by atoms with Gasteiger partial charge in [0.25, 0.3) is 5.91 Å². The number of methoxy groups -OCH3 is 2. The number of pyridine rings is 1. The molecule has 0 fully saturated rings. The predicted octanol–water partition coefficient (Wildman–Crippen LogP) is 3.11. The second-order valence-electron chi connectivity index (χ2n) is 3.88. The molecule has 5 nitrogen and oxygen atoms in total. The van der Waals surface area contributed by atoms with Crippen molar-refractivity contribution in [2.45, 2.75) is 0 Å². The van der Waals surface area contributed by atoms with E-state index in [4.69, 9.17) is 9.47 Å². The van der Waals surface area contributed by atoms with Gasteiger partial charge in [-0.3, -0.25) is 9.78 Å². The molecule has 0 radical (unpaired) electrons. The van der Waals surface area contributed by atoms with Crippen LogP contribution in [0.5, 0.6) is 11.5 Å². The molecule has 0 saturated heterocycles. The maximum Gasteiger partial charge on any atom is 0.257 e. The summed E-state index contributed by atoms with van der Waals surface area (Å²) in [5.74, 6) is 0.886. The van der Waals surface area contributed by atoms with E-state index in [-0.39, 0.29) is 5.91 Å². The monoisotopic (exact) mass is 336 g/mol. The van der Waals surface area contributed by atoms with E-state index in [1.807, 2.05) is 0 Å². The van der Waals surface area contributed by atoms with E-state index >= 15 is 0 Å². The Morgan fingerprint density at radius 1 is 1.25 bits per heavy atom. The number of amides is 1. The highest BCUT2D eigenvalue weighted by atomic mass is 79.9. The lowest BCUT2D eigenvalue weighted by atomic mass is 10.2. The highest BCUT2D eigenvalue weighted by Gasteiger charge is 2.13. The highest BCUT2D eigenvalue weighted by molar-refractivity contribution is 9.10. The molecule has 20 heavy (non-hydrogen) atoms. The molecule has 0 aliphatic carbocycles. The fourth-order valence-corrected chi connectivity index (χ4v) is 2.15. The third-order valence-corrected chi connectivity index (χ3v) is 3.27. The van der Waals surface area contributed by atoms with Crippen molar-refractivity contribution in [3.63, 3.8) is 0 Å². The minimum atomic E-state index is -0.256. The zero-order valence-electron chi connectivity index (χ0n) is 11.0. The van der Waals surface area contributed by atoms with Gasteiger partial charge in [-0.25, -0.2) is 0 Å². The Bertz CT molecular complexity index is 617. The van der Waals surface area contributed by atoms with Gasteiger partial charge in [-0.2, -0.15) is 0 Å². The molecule has 0 unspecified atom stereocenters. The van der Waals surface area contributed by atoms with E-state index in [1.165, 1.54) is 13.3 Å². The van der Waals surface area contributed by atoms with Gasteiger partial charge in [0.05, 0.1) is 29.9 Å². The standard InChI is InChI=1S/C14H13BrN2O3/c1-19-12-7-13(20-2)11(6-10(12)15)17-14(18)9-4-3-5-16-8-9/h3-8H,1-2H3,(H,17,18). The molecule has 0 aliphatic rings. The summed E-state index contributed by atoms with van der Waals surface area (Å²) >= 11 is 3.37. The first-order chi connectivity index (χ1) is 9.65. The molecule has 1 amide bonds. The second-order valence-corrected chi connectivity index (χ2v) is 4.74. The number of aromatic nitrogens is 1. The number of hydrogen-bond acceptors (Lipinski definition) is 4. The van der Waals surface area contributed by atoms with Crippen molar-refractivity contribution >= 4 is 27.5 Å². The molecule has 0 saturated carbocycles. The summed E-state index contributed by atoms with van der Waals surface area (Å²) in [4.78, 5) is 16.0. The number of carbonyl (C=O) groups excluding carboxylic acids is 1. The van der Waals surface area contributed by atoms with Gasteiger partial charge in [0, 0.05) is 18.5 Å². The molecule has 0 spiro atoms. The number of carbonyl (C=O) groups is 1. The summed E-state index contributed by atoms with van der Waals surface area (Å²) in [5, 5.41) is 2.78. The third-order valence-electron chi connectivity index (χ3n) is 2.65.